The van der Waals surface area contributed by atoms with Crippen LogP contribution in [0.3, 0.4) is 0 Å². The van der Waals surface area contributed by atoms with Gasteiger partial charge in [-0.3, -0.25) is 9.69 Å². The van der Waals surface area contributed by atoms with Crippen LogP contribution in [-0.2, 0) is 6.54 Å². The molecule has 5 nitrogen and oxygen atoms in total. The number of ether oxygens (including phenoxy) is 1. The molecule has 1 aromatic heterocycles. The molecule has 1 aliphatic rings. The normalized spacial score (nSPS) is 16.2. The molecule has 1 saturated heterocycles. The van der Waals surface area contributed by atoms with E-state index in [4.69, 9.17) is 4.74 Å². The largest absolute Gasteiger partial charge is 0.497 e. The predicted octanol–water partition coefficient (Wildman–Crippen LogP) is 2.19. The number of benzene rings is 1. The summed E-state index contributed by atoms with van der Waals surface area (Å²) in [7, 11) is 1.64. The van der Waals surface area contributed by atoms with E-state index in [2.05, 4.69) is 21.7 Å². The summed E-state index contributed by atoms with van der Waals surface area (Å²) in [6, 6.07) is 11.6. The van der Waals surface area contributed by atoms with E-state index >= 15 is 0 Å². The molecule has 0 unspecified atom stereocenters. The summed E-state index contributed by atoms with van der Waals surface area (Å²) in [6.07, 6.45) is 0. The minimum Gasteiger partial charge on any atom is -0.497 e. The van der Waals surface area contributed by atoms with Crippen LogP contribution in [0, 0.1) is 0 Å². The Morgan fingerprint density at radius 3 is 2.25 bits per heavy atom. The molecule has 0 bridgehead atoms. The molecule has 0 atom stereocenters. The summed E-state index contributed by atoms with van der Waals surface area (Å²) < 4.78 is 5.17. The maximum atomic E-state index is 12.4. The number of nitrogens with one attached hydrogen (secondary N) is 1. The maximum Gasteiger partial charge on any atom is 0.252 e. The van der Waals surface area contributed by atoms with Gasteiger partial charge in [0.15, 0.2) is 0 Å². The van der Waals surface area contributed by atoms with Crippen molar-refractivity contribution in [3.8, 4) is 17.0 Å². The number of aromatic amines is 1. The topological polar surface area (TPSA) is 48.6 Å². The standard InChI is InChI=1S/C19H25N3O2/c1-3-21-10-12-22(13-11-21)14-16-6-9-18(20-19(16)23)15-4-7-17(24-2)8-5-15/h4-9H,3,10-14H2,1-2H3,(H,20,23). The van der Waals surface area contributed by atoms with E-state index in [9.17, 15) is 4.79 Å². The third kappa shape index (κ3) is 3.86. The van der Waals surface area contributed by atoms with Gasteiger partial charge in [0.25, 0.3) is 5.56 Å². The molecular formula is C19H25N3O2. The molecule has 1 N–H and O–H groups in total. The highest BCUT2D eigenvalue weighted by atomic mass is 16.5. The van der Waals surface area contributed by atoms with Crippen LogP contribution >= 0.6 is 0 Å². The summed E-state index contributed by atoms with van der Waals surface area (Å²) in [4.78, 5) is 20.2. The third-order valence-corrected chi connectivity index (χ3v) is 4.70. The lowest BCUT2D eigenvalue weighted by Crippen LogP contribution is -2.46. The lowest BCUT2D eigenvalue weighted by Gasteiger charge is -2.33. The van der Waals surface area contributed by atoms with E-state index in [1.165, 1.54) is 0 Å². The molecule has 2 aromatic rings. The fourth-order valence-electron chi connectivity index (χ4n) is 3.07. The number of nitrogens with zero attached hydrogens (tertiary/aromatic N) is 2. The van der Waals surface area contributed by atoms with Crippen LogP contribution in [0.5, 0.6) is 5.75 Å². The molecule has 0 radical (unpaired) electrons. The van der Waals surface area contributed by atoms with Gasteiger partial charge < -0.3 is 14.6 Å². The molecule has 2 heterocycles. The van der Waals surface area contributed by atoms with E-state index in [-0.39, 0.29) is 5.56 Å². The van der Waals surface area contributed by atoms with Gasteiger partial charge in [0, 0.05) is 44.0 Å². The van der Waals surface area contributed by atoms with Crippen molar-refractivity contribution in [2.45, 2.75) is 13.5 Å². The lowest BCUT2D eigenvalue weighted by molar-refractivity contribution is 0.131. The summed E-state index contributed by atoms with van der Waals surface area (Å²) in [5, 5.41) is 0. The maximum absolute atomic E-state index is 12.4. The summed E-state index contributed by atoms with van der Waals surface area (Å²) in [5.74, 6) is 0.809. The Labute approximate surface area is 142 Å². The van der Waals surface area contributed by atoms with Crippen LogP contribution < -0.4 is 10.3 Å². The summed E-state index contributed by atoms with van der Waals surface area (Å²) in [5.41, 5.74) is 2.65. The smallest absolute Gasteiger partial charge is 0.252 e. The summed E-state index contributed by atoms with van der Waals surface area (Å²) in [6.45, 7) is 8.22. The van der Waals surface area contributed by atoms with Gasteiger partial charge in [-0.2, -0.15) is 0 Å². The van der Waals surface area contributed by atoms with Gasteiger partial charge in [-0.15, -0.1) is 0 Å². The van der Waals surface area contributed by atoms with Gasteiger partial charge in [0.2, 0.25) is 0 Å². The minimum atomic E-state index is 0.00115. The van der Waals surface area contributed by atoms with Gasteiger partial charge >= 0.3 is 0 Å². The van der Waals surface area contributed by atoms with Crippen molar-refractivity contribution in [2.24, 2.45) is 0 Å². The van der Waals surface area contributed by atoms with Gasteiger partial charge in [0.1, 0.15) is 5.75 Å². The number of hydrogen-bond donors (Lipinski definition) is 1. The van der Waals surface area contributed by atoms with E-state index in [0.717, 1.165) is 61.8 Å². The molecule has 0 saturated carbocycles. The molecule has 0 aliphatic carbocycles. The van der Waals surface area contributed by atoms with Gasteiger partial charge in [0.05, 0.1) is 7.11 Å². The zero-order valence-corrected chi connectivity index (χ0v) is 14.4. The quantitative estimate of drug-likeness (QED) is 0.914. The average molecular weight is 327 g/mol. The molecule has 0 amide bonds. The second-order valence-electron chi connectivity index (χ2n) is 6.17. The minimum absolute atomic E-state index is 0.00115. The number of H-pyrrole nitrogens is 1. The Hall–Kier alpha value is -2.11. The molecule has 24 heavy (non-hydrogen) atoms. The highest BCUT2D eigenvalue weighted by Crippen LogP contribution is 2.20. The Morgan fingerprint density at radius 2 is 1.67 bits per heavy atom. The number of aromatic nitrogens is 1. The number of pyridine rings is 1. The van der Waals surface area contributed by atoms with E-state index in [1.54, 1.807) is 7.11 Å². The van der Waals surface area contributed by atoms with Crippen molar-refractivity contribution in [2.75, 3.05) is 39.8 Å². The second kappa shape index (κ2) is 7.64. The highest BCUT2D eigenvalue weighted by Gasteiger charge is 2.16. The molecule has 1 aliphatic heterocycles. The van der Waals surface area contributed by atoms with Crippen LogP contribution in [-0.4, -0.2) is 54.6 Å². The monoisotopic (exact) mass is 327 g/mol. The summed E-state index contributed by atoms with van der Waals surface area (Å²) >= 11 is 0. The first-order valence-corrected chi connectivity index (χ1v) is 8.51. The Bertz CT molecular complexity index is 716. The number of methoxy groups -OCH3 is 1. The average Bonchev–Trinajstić information content (AvgIpc) is 2.64. The first kappa shape index (κ1) is 16.7. The second-order valence-corrected chi connectivity index (χ2v) is 6.17. The van der Waals surface area contributed by atoms with Crippen LogP contribution in [0.25, 0.3) is 11.3 Å². The number of rotatable bonds is 5. The van der Waals surface area contributed by atoms with Crippen LogP contribution in [0.1, 0.15) is 12.5 Å². The van der Waals surface area contributed by atoms with Crippen LogP contribution in [0.2, 0.25) is 0 Å². The zero-order valence-electron chi connectivity index (χ0n) is 14.4. The van der Waals surface area contributed by atoms with Crippen molar-refractivity contribution in [1.29, 1.82) is 0 Å². The molecule has 0 spiro atoms. The number of hydrogen-bond acceptors (Lipinski definition) is 4. The SMILES string of the molecule is CCN1CCN(Cc2ccc(-c3ccc(OC)cc3)[nH]c2=O)CC1. The Kier molecular flexibility index (Phi) is 5.33. The van der Waals surface area contributed by atoms with Gasteiger partial charge in [-0.25, -0.2) is 0 Å². The van der Waals surface area contributed by atoms with E-state index < -0.39 is 0 Å². The van der Waals surface area contributed by atoms with E-state index in [1.807, 2.05) is 36.4 Å². The molecule has 5 heteroatoms. The fraction of sp³-hybridized carbons (Fsp3) is 0.421. The van der Waals surface area contributed by atoms with Crippen LogP contribution in [0.4, 0.5) is 0 Å². The van der Waals surface area contributed by atoms with Crippen molar-refractivity contribution >= 4 is 0 Å². The number of likely N-dealkylation sites (N-methyl/N-ethyl adjacent to an activating group) is 1. The molecule has 1 fully saturated rings. The Balaban J connectivity index is 1.69. The number of piperazine rings is 1. The lowest BCUT2D eigenvalue weighted by atomic mass is 10.1. The van der Waals surface area contributed by atoms with Crippen molar-refractivity contribution < 1.29 is 4.74 Å². The zero-order chi connectivity index (χ0) is 16.9. The fourth-order valence-corrected chi connectivity index (χ4v) is 3.07. The van der Waals surface area contributed by atoms with Crippen molar-refractivity contribution in [3.63, 3.8) is 0 Å². The first-order valence-electron chi connectivity index (χ1n) is 8.51. The van der Waals surface area contributed by atoms with Crippen LogP contribution in [0.15, 0.2) is 41.2 Å². The van der Waals surface area contributed by atoms with Crippen molar-refractivity contribution in [1.82, 2.24) is 14.8 Å². The molecule has 128 valence electrons. The molecule has 1 aromatic carbocycles. The third-order valence-electron chi connectivity index (χ3n) is 4.70. The molecular weight excluding hydrogens is 302 g/mol. The first-order chi connectivity index (χ1) is 11.7. The van der Waals surface area contributed by atoms with Gasteiger partial charge in [-0.05, 0) is 42.4 Å². The van der Waals surface area contributed by atoms with Gasteiger partial charge in [-0.1, -0.05) is 13.0 Å². The van der Waals surface area contributed by atoms with Crippen molar-refractivity contribution in [3.05, 3.63) is 52.3 Å². The molecule has 3 rings (SSSR count). The predicted molar refractivity (Wildman–Crippen MR) is 96.4 cm³/mol. The van der Waals surface area contributed by atoms with E-state index in [0.29, 0.717) is 0 Å². The highest BCUT2D eigenvalue weighted by molar-refractivity contribution is 5.60. The Morgan fingerprint density at radius 1 is 1.00 bits per heavy atom.